The largest absolute Gasteiger partial charge is 0.326 e. The second-order valence-corrected chi connectivity index (χ2v) is 6.28. The molecule has 3 rings (SSSR count). The molecular formula is C17H17N3O2S. The van der Waals surface area contributed by atoms with Crippen LogP contribution in [0.15, 0.2) is 48.0 Å². The fourth-order valence-electron chi connectivity index (χ4n) is 2.47. The molecule has 0 saturated heterocycles. The minimum Gasteiger partial charge on any atom is -0.326 e. The average Bonchev–Trinajstić information content (AvgIpc) is 3.21. The summed E-state index contributed by atoms with van der Waals surface area (Å²) in [7, 11) is 0. The van der Waals surface area contributed by atoms with E-state index in [0.29, 0.717) is 28.7 Å². The summed E-state index contributed by atoms with van der Waals surface area (Å²) in [5, 5.41) is 7.95. The Morgan fingerprint density at radius 2 is 2.04 bits per heavy atom. The number of thiazole rings is 1. The second-order valence-electron chi connectivity index (χ2n) is 5.39. The van der Waals surface area contributed by atoms with Gasteiger partial charge in [-0.2, -0.15) is 0 Å². The maximum atomic E-state index is 12.0. The summed E-state index contributed by atoms with van der Waals surface area (Å²) in [5.74, 6) is 0.133. The molecule has 1 unspecified atom stereocenters. The monoisotopic (exact) mass is 327 g/mol. The summed E-state index contributed by atoms with van der Waals surface area (Å²) >= 11 is 1.37. The molecular weight excluding hydrogens is 310 g/mol. The third kappa shape index (κ3) is 4.26. The first-order valence-electron chi connectivity index (χ1n) is 7.48. The SMILES string of the molecule is O=C(CC1C=CCC1)Nc1ccc(C(=O)Nc2nccs2)cc1. The number of nitrogens with one attached hydrogen (secondary N) is 2. The predicted molar refractivity (Wildman–Crippen MR) is 91.6 cm³/mol. The van der Waals surface area contributed by atoms with Crippen LogP contribution in [0.2, 0.25) is 0 Å². The molecule has 0 saturated carbocycles. The van der Waals surface area contributed by atoms with Gasteiger partial charge < -0.3 is 5.32 Å². The Morgan fingerprint density at radius 1 is 1.22 bits per heavy atom. The zero-order valence-electron chi connectivity index (χ0n) is 12.5. The molecule has 0 fully saturated rings. The molecule has 1 heterocycles. The van der Waals surface area contributed by atoms with Crippen LogP contribution in [0.1, 0.15) is 29.6 Å². The third-order valence-corrected chi connectivity index (χ3v) is 4.33. The molecule has 118 valence electrons. The highest BCUT2D eigenvalue weighted by molar-refractivity contribution is 7.13. The lowest BCUT2D eigenvalue weighted by atomic mass is 10.0. The Morgan fingerprint density at radius 3 is 2.70 bits per heavy atom. The van der Waals surface area contributed by atoms with Crippen molar-refractivity contribution in [1.29, 1.82) is 0 Å². The molecule has 0 radical (unpaired) electrons. The summed E-state index contributed by atoms with van der Waals surface area (Å²) in [4.78, 5) is 28.0. The van der Waals surface area contributed by atoms with E-state index in [-0.39, 0.29) is 11.8 Å². The van der Waals surface area contributed by atoms with Gasteiger partial charge in [0, 0.05) is 29.2 Å². The van der Waals surface area contributed by atoms with Crippen molar-refractivity contribution in [3.05, 3.63) is 53.6 Å². The van der Waals surface area contributed by atoms with E-state index in [1.807, 2.05) is 0 Å². The second kappa shape index (κ2) is 7.19. The van der Waals surface area contributed by atoms with E-state index < -0.39 is 0 Å². The number of amides is 2. The number of hydrogen-bond acceptors (Lipinski definition) is 4. The molecule has 2 aromatic rings. The normalized spacial score (nSPS) is 16.3. The molecule has 1 aromatic heterocycles. The van der Waals surface area contributed by atoms with Crippen molar-refractivity contribution in [2.45, 2.75) is 19.3 Å². The minimum atomic E-state index is -0.214. The number of allylic oxidation sites excluding steroid dienone is 2. The molecule has 1 aromatic carbocycles. The molecule has 0 bridgehead atoms. The first-order valence-corrected chi connectivity index (χ1v) is 8.36. The van der Waals surface area contributed by atoms with Crippen LogP contribution < -0.4 is 10.6 Å². The van der Waals surface area contributed by atoms with Gasteiger partial charge in [-0.1, -0.05) is 12.2 Å². The fourth-order valence-corrected chi connectivity index (χ4v) is 3.00. The number of benzene rings is 1. The van der Waals surface area contributed by atoms with Gasteiger partial charge in [0.15, 0.2) is 5.13 Å². The van der Waals surface area contributed by atoms with Gasteiger partial charge in [0.2, 0.25) is 5.91 Å². The van der Waals surface area contributed by atoms with Crippen molar-refractivity contribution in [3.63, 3.8) is 0 Å². The van der Waals surface area contributed by atoms with E-state index >= 15 is 0 Å². The van der Waals surface area contributed by atoms with Crippen molar-refractivity contribution in [2.75, 3.05) is 10.6 Å². The summed E-state index contributed by atoms with van der Waals surface area (Å²) in [6.07, 6.45) is 8.46. The van der Waals surface area contributed by atoms with Crippen LogP contribution in [0.4, 0.5) is 10.8 Å². The highest BCUT2D eigenvalue weighted by Crippen LogP contribution is 2.21. The van der Waals surface area contributed by atoms with E-state index in [4.69, 9.17) is 0 Å². The van der Waals surface area contributed by atoms with Crippen molar-refractivity contribution in [3.8, 4) is 0 Å². The lowest BCUT2D eigenvalue weighted by Gasteiger charge is -2.09. The quantitative estimate of drug-likeness (QED) is 0.823. The Hall–Kier alpha value is -2.47. The van der Waals surface area contributed by atoms with Crippen molar-refractivity contribution in [2.24, 2.45) is 5.92 Å². The number of carbonyl (C=O) groups is 2. The van der Waals surface area contributed by atoms with Crippen LogP contribution >= 0.6 is 11.3 Å². The lowest BCUT2D eigenvalue weighted by molar-refractivity contribution is -0.116. The smallest absolute Gasteiger partial charge is 0.257 e. The average molecular weight is 327 g/mol. The highest BCUT2D eigenvalue weighted by Gasteiger charge is 2.14. The zero-order valence-corrected chi connectivity index (χ0v) is 13.3. The minimum absolute atomic E-state index is 0.00142. The Balaban J connectivity index is 1.55. The van der Waals surface area contributed by atoms with E-state index in [9.17, 15) is 9.59 Å². The van der Waals surface area contributed by atoms with Crippen molar-refractivity contribution >= 4 is 34.0 Å². The molecule has 5 nitrogen and oxygen atoms in total. The van der Waals surface area contributed by atoms with Crippen LogP contribution in [0.5, 0.6) is 0 Å². The van der Waals surface area contributed by atoms with Gasteiger partial charge in [-0.15, -0.1) is 11.3 Å². The van der Waals surface area contributed by atoms with E-state index in [1.165, 1.54) is 11.3 Å². The van der Waals surface area contributed by atoms with E-state index in [1.54, 1.807) is 35.8 Å². The van der Waals surface area contributed by atoms with Crippen molar-refractivity contribution in [1.82, 2.24) is 4.98 Å². The lowest BCUT2D eigenvalue weighted by Crippen LogP contribution is -2.15. The van der Waals surface area contributed by atoms with E-state index in [0.717, 1.165) is 12.8 Å². The first kappa shape index (κ1) is 15.4. The van der Waals surface area contributed by atoms with Gasteiger partial charge in [0.05, 0.1) is 0 Å². The number of anilines is 2. The molecule has 0 aliphatic heterocycles. The topological polar surface area (TPSA) is 71.1 Å². The van der Waals surface area contributed by atoms with Gasteiger partial charge in [-0.3, -0.25) is 14.9 Å². The van der Waals surface area contributed by atoms with Gasteiger partial charge in [-0.05, 0) is 43.0 Å². The summed E-state index contributed by atoms with van der Waals surface area (Å²) < 4.78 is 0. The predicted octanol–water partition coefficient (Wildman–Crippen LogP) is 3.69. The van der Waals surface area contributed by atoms with Crippen LogP contribution in [-0.4, -0.2) is 16.8 Å². The molecule has 2 amide bonds. The number of nitrogens with zero attached hydrogens (tertiary/aromatic N) is 1. The molecule has 6 heteroatoms. The van der Waals surface area contributed by atoms with Gasteiger partial charge >= 0.3 is 0 Å². The van der Waals surface area contributed by atoms with Crippen LogP contribution in [0, 0.1) is 5.92 Å². The Labute approximate surface area is 138 Å². The fraction of sp³-hybridized carbons (Fsp3) is 0.235. The third-order valence-electron chi connectivity index (χ3n) is 3.64. The van der Waals surface area contributed by atoms with Crippen LogP contribution in [0.25, 0.3) is 0 Å². The summed E-state index contributed by atoms with van der Waals surface area (Å²) in [6, 6.07) is 6.85. The molecule has 1 aliphatic rings. The molecule has 23 heavy (non-hydrogen) atoms. The Kier molecular flexibility index (Phi) is 4.83. The maximum Gasteiger partial charge on any atom is 0.257 e. The highest BCUT2D eigenvalue weighted by atomic mass is 32.1. The molecule has 0 spiro atoms. The van der Waals surface area contributed by atoms with Crippen LogP contribution in [0.3, 0.4) is 0 Å². The maximum absolute atomic E-state index is 12.0. The molecule has 2 N–H and O–H groups in total. The zero-order chi connectivity index (χ0) is 16.1. The summed E-state index contributed by atoms with van der Waals surface area (Å²) in [5.41, 5.74) is 1.22. The van der Waals surface area contributed by atoms with Gasteiger partial charge in [-0.25, -0.2) is 4.98 Å². The summed E-state index contributed by atoms with van der Waals surface area (Å²) in [6.45, 7) is 0. The van der Waals surface area contributed by atoms with Crippen molar-refractivity contribution < 1.29 is 9.59 Å². The molecule has 1 atom stereocenters. The van der Waals surface area contributed by atoms with E-state index in [2.05, 4.69) is 27.8 Å². The molecule has 1 aliphatic carbocycles. The standard InChI is InChI=1S/C17H17N3O2S/c21-15(11-12-3-1-2-4-12)19-14-7-5-13(6-8-14)16(22)20-17-18-9-10-23-17/h1,3,5-10,12H,2,4,11H2,(H,19,21)(H,18,20,22). The number of aromatic nitrogens is 1. The first-order chi connectivity index (χ1) is 11.2. The van der Waals surface area contributed by atoms with Gasteiger partial charge in [0.1, 0.15) is 0 Å². The number of carbonyl (C=O) groups excluding carboxylic acids is 2. The number of rotatable bonds is 5. The van der Waals surface area contributed by atoms with Crippen LogP contribution in [-0.2, 0) is 4.79 Å². The Bertz CT molecular complexity index is 708. The van der Waals surface area contributed by atoms with Gasteiger partial charge in [0.25, 0.3) is 5.91 Å². The number of hydrogen-bond donors (Lipinski definition) is 2.